The van der Waals surface area contributed by atoms with Crippen LogP contribution in [0.3, 0.4) is 0 Å². The number of ether oxygens (including phenoxy) is 1. The van der Waals surface area contributed by atoms with Gasteiger partial charge in [-0.25, -0.2) is 4.98 Å². The van der Waals surface area contributed by atoms with Crippen molar-refractivity contribution in [2.24, 2.45) is 0 Å². The van der Waals surface area contributed by atoms with Gasteiger partial charge in [-0.05, 0) is 38.3 Å². The van der Waals surface area contributed by atoms with Crippen molar-refractivity contribution in [2.75, 3.05) is 13.7 Å². The highest BCUT2D eigenvalue weighted by molar-refractivity contribution is 5.84. The number of para-hydroxylation sites is 2. The minimum atomic E-state index is -0.697. The molecule has 5 nitrogen and oxygen atoms in total. The van der Waals surface area contributed by atoms with E-state index in [0.29, 0.717) is 13.2 Å². The predicted octanol–water partition coefficient (Wildman–Crippen LogP) is 2.55. The monoisotopic (exact) mass is 299 g/mol. The lowest BCUT2D eigenvalue weighted by molar-refractivity contribution is -0.161. The summed E-state index contributed by atoms with van der Waals surface area (Å²) in [6.07, 6.45) is 4.57. The van der Waals surface area contributed by atoms with Crippen molar-refractivity contribution in [3.05, 3.63) is 36.2 Å². The van der Waals surface area contributed by atoms with Crippen molar-refractivity contribution < 1.29 is 9.53 Å². The SMILES string of the molecule is CN(Cc1cnc2ccccc2n1)C(=O)C1(C)CCCCO1. The number of amides is 1. The van der Waals surface area contributed by atoms with Crippen molar-refractivity contribution in [2.45, 2.75) is 38.3 Å². The Bertz CT molecular complexity index is 680. The Morgan fingerprint density at radius 2 is 2.09 bits per heavy atom. The van der Waals surface area contributed by atoms with Gasteiger partial charge in [0, 0.05) is 13.7 Å². The van der Waals surface area contributed by atoms with E-state index >= 15 is 0 Å². The Morgan fingerprint density at radius 3 is 2.82 bits per heavy atom. The average Bonchev–Trinajstić information content (AvgIpc) is 2.54. The van der Waals surface area contributed by atoms with Crippen LogP contribution in [0.4, 0.5) is 0 Å². The smallest absolute Gasteiger partial charge is 0.254 e. The van der Waals surface area contributed by atoms with Crippen molar-refractivity contribution in [1.29, 1.82) is 0 Å². The van der Waals surface area contributed by atoms with Crippen LogP contribution in [0, 0.1) is 0 Å². The van der Waals surface area contributed by atoms with Crippen molar-refractivity contribution in [1.82, 2.24) is 14.9 Å². The molecule has 1 amide bonds. The standard InChI is InChI=1S/C17H21N3O2/c1-17(9-5-6-10-22-17)16(21)20(2)12-13-11-18-14-7-3-4-8-15(14)19-13/h3-4,7-8,11H,5-6,9-10,12H2,1-2H3. The number of aromatic nitrogens is 2. The lowest BCUT2D eigenvalue weighted by Crippen LogP contribution is -2.48. The molecule has 5 heteroatoms. The fourth-order valence-corrected chi connectivity index (χ4v) is 2.89. The van der Waals surface area contributed by atoms with Gasteiger partial charge in [-0.2, -0.15) is 0 Å². The Hall–Kier alpha value is -2.01. The first-order chi connectivity index (χ1) is 10.6. The van der Waals surface area contributed by atoms with Crippen molar-refractivity contribution in [3.8, 4) is 0 Å². The van der Waals surface area contributed by atoms with Gasteiger partial charge >= 0.3 is 0 Å². The van der Waals surface area contributed by atoms with Crippen molar-refractivity contribution in [3.63, 3.8) is 0 Å². The number of carbonyl (C=O) groups is 1. The molecule has 2 heterocycles. The second-order valence-corrected chi connectivity index (χ2v) is 6.05. The second-order valence-electron chi connectivity index (χ2n) is 6.05. The van der Waals surface area contributed by atoms with Crippen LogP contribution in [0.1, 0.15) is 31.9 Å². The van der Waals surface area contributed by atoms with Gasteiger partial charge in [0.15, 0.2) is 0 Å². The van der Waals surface area contributed by atoms with Crippen LogP contribution in [-0.4, -0.2) is 40.0 Å². The topological polar surface area (TPSA) is 55.3 Å². The highest BCUT2D eigenvalue weighted by Crippen LogP contribution is 2.26. The summed E-state index contributed by atoms with van der Waals surface area (Å²) in [6.45, 7) is 2.98. The quantitative estimate of drug-likeness (QED) is 0.874. The molecule has 22 heavy (non-hydrogen) atoms. The van der Waals surface area contributed by atoms with Crippen molar-refractivity contribution >= 4 is 16.9 Å². The number of benzene rings is 1. The van der Waals surface area contributed by atoms with Gasteiger partial charge in [-0.3, -0.25) is 9.78 Å². The number of fused-ring (bicyclic) bond motifs is 1. The third-order valence-electron chi connectivity index (χ3n) is 4.17. The molecule has 0 saturated carbocycles. The van der Waals surface area contributed by atoms with E-state index in [0.717, 1.165) is 36.0 Å². The molecule has 0 spiro atoms. The van der Waals surface area contributed by atoms with E-state index in [9.17, 15) is 4.79 Å². The van der Waals surface area contributed by atoms with E-state index in [1.54, 1.807) is 18.1 Å². The van der Waals surface area contributed by atoms with Gasteiger partial charge in [0.2, 0.25) is 0 Å². The molecule has 1 atom stereocenters. The molecular formula is C17H21N3O2. The maximum atomic E-state index is 12.6. The average molecular weight is 299 g/mol. The first-order valence-corrected chi connectivity index (χ1v) is 7.69. The van der Waals surface area contributed by atoms with Crippen LogP contribution in [0.15, 0.2) is 30.5 Å². The summed E-state index contributed by atoms with van der Waals surface area (Å²) < 4.78 is 5.73. The number of likely N-dealkylation sites (N-methyl/N-ethyl adjacent to an activating group) is 1. The van der Waals surface area contributed by atoms with Crippen LogP contribution in [-0.2, 0) is 16.1 Å². The normalized spacial score (nSPS) is 21.7. The molecule has 1 aliphatic rings. The van der Waals surface area contributed by atoms with E-state index < -0.39 is 5.60 Å². The summed E-state index contributed by atoms with van der Waals surface area (Å²) in [5.41, 5.74) is 1.80. The molecule has 0 aliphatic carbocycles. The second kappa shape index (κ2) is 6.01. The largest absolute Gasteiger partial charge is 0.365 e. The molecule has 2 aromatic rings. The summed E-state index contributed by atoms with van der Waals surface area (Å²) in [7, 11) is 1.79. The van der Waals surface area contributed by atoms with Gasteiger partial charge in [0.25, 0.3) is 5.91 Å². The fourth-order valence-electron chi connectivity index (χ4n) is 2.89. The highest BCUT2D eigenvalue weighted by atomic mass is 16.5. The third-order valence-corrected chi connectivity index (χ3v) is 4.17. The molecule has 1 aromatic heterocycles. The third kappa shape index (κ3) is 2.95. The number of nitrogens with zero attached hydrogens (tertiary/aromatic N) is 3. The molecule has 0 bridgehead atoms. The first-order valence-electron chi connectivity index (χ1n) is 7.69. The molecule has 0 radical (unpaired) electrons. The van der Waals surface area contributed by atoms with E-state index in [-0.39, 0.29) is 5.91 Å². The molecule has 1 aliphatic heterocycles. The summed E-state index contributed by atoms with van der Waals surface area (Å²) in [5, 5.41) is 0. The number of hydrogen-bond donors (Lipinski definition) is 0. The summed E-state index contributed by atoms with van der Waals surface area (Å²) in [6, 6.07) is 7.73. The van der Waals surface area contributed by atoms with Gasteiger partial charge in [0.1, 0.15) is 5.60 Å². The number of hydrogen-bond acceptors (Lipinski definition) is 4. The van der Waals surface area contributed by atoms with Crippen LogP contribution in [0.2, 0.25) is 0 Å². The molecule has 1 saturated heterocycles. The summed E-state index contributed by atoms with van der Waals surface area (Å²) >= 11 is 0. The van der Waals surface area contributed by atoms with E-state index in [4.69, 9.17) is 4.74 Å². The summed E-state index contributed by atoms with van der Waals surface area (Å²) in [4.78, 5) is 23.3. The fraction of sp³-hybridized carbons (Fsp3) is 0.471. The van der Waals surface area contributed by atoms with Crippen LogP contribution < -0.4 is 0 Å². The molecule has 1 fully saturated rings. The Labute approximate surface area is 130 Å². The van der Waals surface area contributed by atoms with Crippen LogP contribution in [0.25, 0.3) is 11.0 Å². The minimum absolute atomic E-state index is 0.0159. The maximum absolute atomic E-state index is 12.6. The van der Waals surface area contributed by atoms with E-state index in [2.05, 4.69) is 9.97 Å². The molecule has 1 aromatic carbocycles. The molecule has 3 rings (SSSR count). The first kappa shape index (κ1) is 14.9. The predicted molar refractivity (Wildman–Crippen MR) is 84.2 cm³/mol. The zero-order valence-corrected chi connectivity index (χ0v) is 13.1. The van der Waals surface area contributed by atoms with Gasteiger partial charge in [0.05, 0.1) is 29.5 Å². The Morgan fingerprint density at radius 1 is 1.32 bits per heavy atom. The highest BCUT2D eigenvalue weighted by Gasteiger charge is 2.38. The van der Waals surface area contributed by atoms with E-state index in [1.807, 2.05) is 31.2 Å². The zero-order chi connectivity index (χ0) is 15.6. The van der Waals surface area contributed by atoms with Crippen LogP contribution in [0.5, 0.6) is 0 Å². The van der Waals surface area contributed by atoms with Gasteiger partial charge in [-0.1, -0.05) is 12.1 Å². The number of rotatable bonds is 3. The Balaban J connectivity index is 1.74. The van der Waals surface area contributed by atoms with E-state index in [1.165, 1.54) is 0 Å². The maximum Gasteiger partial charge on any atom is 0.254 e. The summed E-state index contributed by atoms with van der Waals surface area (Å²) in [5.74, 6) is 0.0159. The molecule has 116 valence electrons. The zero-order valence-electron chi connectivity index (χ0n) is 13.1. The van der Waals surface area contributed by atoms with Gasteiger partial charge in [-0.15, -0.1) is 0 Å². The number of carbonyl (C=O) groups excluding carboxylic acids is 1. The van der Waals surface area contributed by atoms with Crippen LogP contribution >= 0.6 is 0 Å². The molecule has 1 unspecified atom stereocenters. The molecular weight excluding hydrogens is 278 g/mol. The lowest BCUT2D eigenvalue weighted by atomic mass is 9.94. The van der Waals surface area contributed by atoms with Gasteiger partial charge < -0.3 is 9.64 Å². The lowest BCUT2D eigenvalue weighted by Gasteiger charge is -2.35. The molecule has 0 N–H and O–H groups in total. The Kier molecular flexibility index (Phi) is 4.07. The minimum Gasteiger partial charge on any atom is -0.365 e.